The minimum Gasteiger partial charge on any atom is -0.489 e. The molecule has 1 saturated carbocycles. The minimum atomic E-state index is -0.456. The Balaban J connectivity index is 1.61. The zero-order chi connectivity index (χ0) is 25.9. The van der Waals surface area contributed by atoms with Gasteiger partial charge in [0.15, 0.2) is 0 Å². The second kappa shape index (κ2) is 14.8. The number of rotatable bonds is 16. The fraction of sp³-hybridized carbons (Fsp3) is 0.710. The van der Waals surface area contributed by atoms with Crippen molar-refractivity contribution in [1.29, 1.82) is 0 Å². The number of para-hydroxylation sites is 1. The normalized spacial score (nSPS) is 23.5. The largest absolute Gasteiger partial charge is 0.489 e. The van der Waals surface area contributed by atoms with Gasteiger partial charge in [-0.1, -0.05) is 83.2 Å². The van der Waals surface area contributed by atoms with Crippen LogP contribution in [0.15, 0.2) is 30.4 Å². The number of aliphatic hydroxyl groups excluding tert-OH is 2. The molecule has 202 valence electrons. The molecule has 0 spiro atoms. The van der Waals surface area contributed by atoms with Crippen LogP contribution in [0.4, 0.5) is 0 Å². The third kappa shape index (κ3) is 7.58. The molecule has 1 amide bonds. The number of aryl methyl sites for hydroxylation is 1. The van der Waals surface area contributed by atoms with Crippen LogP contribution in [-0.2, 0) is 11.2 Å². The minimum absolute atomic E-state index is 0.0248. The number of ether oxygens (including phenoxy) is 1. The molecule has 1 aromatic rings. The van der Waals surface area contributed by atoms with E-state index in [2.05, 4.69) is 43.9 Å². The fourth-order valence-corrected chi connectivity index (χ4v) is 5.77. The Morgan fingerprint density at radius 1 is 1.08 bits per heavy atom. The van der Waals surface area contributed by atoms with Crippen molar-refractivity contribution in [2.24, 2.45) is 5.92 Å². The van der Waals surface area contributed by atoms with E-state index < -0.39 is 12.2 Å². The lowest BCUT2D eigenvalue weighted by Crippen LogP contribution is -2.32. The molecule has 0 saturated heterocycles. The SMILES string of the molecule is CCCCC[C@H](O)/C=C/[C@@H]1[C@H]2c3cccc(CCCC(=O)N(CCCC)CCCC)c3O[C@H]2C[C@H]1O. The quantitative estimate of drug-likeness (QED) is 0.211. The van der Waals surface area contributed by atoms with Crippen molar-refractivity contribution < 1.29 is 19.7 Å². The number of carbonyl (C=O) groups is 1. The highest BCUT2D eigenvalue weighted by Crippen LogP contribution is 2.52. The molecule has 1 aromatic carbocycles. The summed E-state index contributed by atoms with van der Waals surface area (Å²) in [5.74, 6) is 1.31. The van der Waals surface area contributed by atoms with Crippen molar-refractivity contribution >= 4 is 5.91 Å². The summed E-state index contributed by atoms with van der Waals surface area (Å²) in [6, 6.07) is 6.33. The Kier molecular flexibility index (Phi) is 11.8. The Morgan fingerprint density at radius 3 is 2.50 bits per heavy atom. The molecular weight excluding hydrogens is 450 g/mol. The van der Waals surface area contributed by atoms with Gasteiger partial charge in [-0.3, -0.25) is 4.79 Å². The van der Waals surface area contributed by atoms with Gasteiger partial charge in [-0.05, 0) is 37.7 Å². The molecule has 0 unspecified atom stereocenters. The van der Waals surface area contributed by atoms with E-state index in [0.29, 0.717) is 12.8 Å². The molecule has 5 heteroatoms. The number of fused-ring (bicyclic) bond motifs is 3. The summed E-state index contributed by atoms with van der Waals surface area (Å²) in [6.45, 7) is 8.24. The zero-order valence-corrected chi connectivity index (χ0v) is 22.8. The first kappa shape index (κ1) is 28.7. The summed E-state index contributed by atoms with van der Waals surface area (Å²) < 4.78 is 6.41. The van der Waals surface area contributed by atoms with E-state index in [-0.39, 0.29) is 23.8 Å². The standard InChI is InChI=1S/C31H49NO4/c1-4-7-10-15-24(33)18-19-25-27(34)22-28-30(25)26-16-11-13-23(31(26)36-28)14-12-17-29(35)32(20-8-5-2)21-9-6-3/h11,13,16,18-19,24-25,27-28,30,33-34H,4-10,12,14-15,17,20-22H2,1-3H3/b19-18+/t24-,25-,27+,28-,30-/m0/s1. The van der Waals surface area contributed by atoms with Crippen molar-refractivity contribution in [3.63, 3.8) is 0 Å². The van der Waals surface area contributed by atoms with Gasteiger partial charge in [0.2, 0.25) is 5.91 Å². The van der Waals surface area contributed by atoms with Gasteiger partial charge < -0.3 is 19.8 Å². The van der Waals surface area contributed by atoms with Crippen LogP contribution >= 0.6 is 0 Å². The van der Waals surface area contributed by atoms with Crippen LogP contribution in [0, 0.1) is 5.92 Å². The molecule has 5 atom stereocenters. The molecule has 36 heavy (non-hydrogen) atoms. The molecule has 3 rings (SSSR count). The Bertz CT molecular complexity index is 830. The van der Waals surface area contributed by atoms with Gasteiger partial charge >= 0.3 is 0 Å². The number of amides is 1. The summed E-state index contributed by atoms with van der Waals surface area (Å²) in [5.41, 5.74) is 2.34. The van der Waals surface area contributed by atoms with Crippen LogP contribution in [0.25, 0.3) is 0 Å². The number of aliphatic hydroxyl groups is 2. The van der Waals surface area contributed by atoms with Crippen LogP contribution in [-0.4, -0.2) is 52.4 Å². The fourth-order valence-electron chi connectivity index (χ4n) is 5.77. The monoisotopic (exact) mass is 499 g/mol. The van der Waals surface area contributed by atoms with Gasteiger partial charge in [0.1, 0.15) is 11.9 Å². The topological polar surface area (TPSA) is 70.0 Å². The van der Waals surface area contributed by atoms with E-state index in [1.54, 1.807) is 0 Å². The molecule has 0 bridgehead atoms. The Morgan fingerprint density at radius 2 is 1.81 bits per heavy atom. The number of hydrogen-bond acceptors (Lipinski definition) is 4. The predicted molar refractivity (Wildman–Crippen MR) is 146 cm³/mol. The zero-order valence-electron chi connectivity index (χ0n) is 22.8. The Hall–Kier alpha value is -1.85. The van der Waals surface area contributed by atoms with Crippen LogP contribution in [0.3, 0.4) is 0 Å². The van der Waals surface area contributed by atoms with Gasteiger partial charge in [-0.15, -0.1) is 0 Å². The van der Waals surface area contributed by atoms with E-state index in [1.165, 1.54) is 11.1 Å². The highest BCUT2D eigenvalue weighted by molar-refractivity contribution is 5.76. The first-order valence-electron chi connectivity index (χ1n) is 14.6. The molecule has 5 nitrogen and oxygen atoms in total. The van der Waals surface area contributed by atoms with E-state index >= 15 is 0 Å². The maximum atomic E-state index is 12.9. The van der Waals surface area contributed by atoms with Crippen molar-refractivity contribution in [2.75, 3.05) is 13.1 Å². The van der Waals surface area contributed by atoms with E-state index in [9.17, 15) is 15.0 Å². The van der Waals surface area contributed by atoms with Crippen LogP contribution < -0.4 is 4.74 Å². The summed E-state index contributed by atoms with van der Waals surface area (Å²) in [4.78, 5) is 14.9. The highest BCUT2D eigenvalue weighted by atomic mass is 16.5. The number of hydrogen-bond donors (Lipinski definition) is 2. The molecule has 1 fully saturated rings. The maximum Gasteiger partial charge on any atom is 0.222 e. The molecule has 1 heterocycles. The molecule has 1 aliphatic heterocycles. The number of benzene rings is 1. The lowest BCUT2D eigenvalue weighted by Gasteiger charge is -2.22. The maximum absolute atomic E-state index is 12.9. The first-order valence-corrected chi connectivity index (χ1v) is 14.6. The summed E-state index contributed by atoms with van der Waals surface area (Å²) in [5, 5.41) is 21.1. The highest BCUT2D eigenvalue weighted by Gasteiger charge is 2.48. The lowest BCUT2D eigenvalue weighted by atomic mass is 9.86. The van der Waals surface area contributed by atoms with Gasteiger partial charge in [0.25, 0.3) is 0 Å². The Labute approximate surface area is 218 Å². The van der Waals surface area contributed by atoms with Gasteiger partial charge in [-0.25, -0.2) is 0 Å². The second-order valence-corrected chi connectivity index (χ2v) is 10.8. The third-order valence-electron chi connectivity index (χ3n) is 7.90. The smallest absolute Gasteiger partial charge is 0.222 e. The molecule has 0 radical (unpaired) electrons. The van der Waals surface area contributed by atoms with Crippen molar-refractivity contribution in [2.45, 2.75) is 122 Å². The molecule has 0 aromatic heterocycles. The molecule has 2 N–H and O–H groups in total. The van der Waals surface area contributed by atoms with Crippen molar-refractivity contribution in [3.8, 4) is 5.75 Å². The van der Waals surface area contributed by atoms with E-state index in [1.807, 2.05) is 12.2 Å². The average molecular weight is 500 g/mol. The molecule has 1 aliphatic carbocycles. The number of unbranched alkanes of at least 4 members (excludes halogenated alkanes) is 4. The van der Waals surface area contributed by atoms with Crippen molar-refractivity contribution in [1.82, 2.24) is 4.90 Å². The van der Waals surface area contributed by atoms with Gasteiger partial charge in [0, 0.05) is 43.3 Å². The second-order valence-electron chi connectivity index (χ2n) is 10.8. The number of nitrogens with zero attached hydrogens (tertiary/aromatic N) is 1. The summed E-state index contributed by atoms with van der Waals surface area (Å²) in [7, 11) is 0. The molecular formula is C31H49NO4. The lowest BCUT2D eigenvalue weighted by molar-refractivity contribution is -0.131. The van der Waals surface area contributed by atoms with Gasteiger partial charge in [0.05, 0.1) is 12.2 Å². The van der Waals surface area contributed by atoms with Crippen molar-refractivity contribution in [3.05, 3.63) is 41.5 Å². The summed E-state index contributed by atoms with van der Waals surface area (Å²) >= 11 is 0. The van der Waals surface area contributed by atoms with E-state index in [4.69, 9.17) is 4.74 Å². The molecule has 2 aliphatic rings. The number of carbonyl (C=O) groups excluding carboxylic acids is 1. The van der Waals surface area contributed by atoms with Crippen LogP contribution in [0.2, 0.25) is 0 Å². The third-order valence-corrected chi connectivity index (χ3v) is 7.90. The predicted octanol–water partition coefficient (Wildman–Crippen LogP) is 6.16. The first-order chi connectivity index (χ1) is 17.5. The van der Waals surface area contributed by atoms with Crippen LogP contribution in [0.5, 0.6) is 5.75 Å². The average Bonchev–Trinajstić information content (AvgIpc) is 3.38. The van der Waals surface area contributed by atoms with Gasteiger partial charge in [-0.2, -0.15) is 0 Å². The van der Waals surface area contributed by atoms with Crippen LogP contribution in [0.1, 0.15) is 108 Å². The van der Waals surface area contributed by atoms with E-state index in [0.717, 1.165) is 83.0 Å². The summed E-state index contributed by atoms with van der Waals surface area (Å²) in [6.07, 6.45) is 14.2.